The number of rotatable bonds is 4. The zero-order chi connectivity index (χ0) is 14.0. The van der Waals surface area contributed by atoms with Gasteiger partial charge in [-0.15, -0.1) is 0 Å². The van der Waals surface area contributed by atoms with Crippen LogP contribution >= 0.6 is 0 Å². The molecular weight excluding hydrogens is 236 g/mol. The van der Waals surface area contributed by atoms with Crippen LogP contribution in [0.4, 0.5) is 0 Å². The van der Waals surface area contributed by atoms with Crippen LogP contribution in [0.3, 0.4) is 0 Å². The van der Waals surface area contributed by atoms with Crippen LogP contribution in [0.25, 0.3) is 0 Å². The maximum atomic E-state index is 12.6. The number of ketones is 1. The molecule has 100 valence electrons. The normalized spacial score (nSPS) is 10.7. The number of benzene rings is 1. The van der Waals surface area contributed by atoms with E-state index in [0.29, 0.717) is 5.56 Å². The first-order valence-electron chi connectivity index (χ1n) is 6.68. The Hall–Kier alpha value is -1.90. The highest BCUT2D eigenvalue weighted by Gasteiger charge is 2.16. The second-order valence-electron chi connectivity index (χ2n) is 5.09. The molecule has 0 aliphatic carbocycles. The molecule has 0 atom stereocenters. The van der Waals surface area contributed by atoms with Gasteiger partial charge in [0.05, 0.1) is 11.8 Å². The van der Waals surface area contributed by atoms with Crippen LogP contribution in [-0.2, 0) is 6.54 Å². The highest BCUT2D eigenvalue weighted by molar-refractivity contribution is 6.10. The lowest BCUT2D eigenvalue weighted by Crippen LogP contribution is -2.06. The van der Waals surface area contributed by atoms with E-state index in [4.69, 9.17) is 0 Å². The highest BCUT2D eigenvalue weighted by atomic mass is 16.1. The standard InChI is InChI=1S/C16H20N2O/c1-5-6-18-10-14(9-17-18)16(19)15-12(3)7-11(2)8-13(15)4/h7-10H,5-6H2,1-4H3. The van der Waals surface area contributed by atoms with Crippen molar-refractivity contribution in [1.82, 2.24) is 9.78 Å². The Balaban J connectivity index is 2.38. The van der Waals surface area contributed by atoms with Gasteiger partial charge >= 0.3 is 0 Å². The summed E-state index contributed by atoms with van der Waals surface area (Å²) in [5.74, 6) is 0.0670. The summed E-state index contributed by atoms with van der Waals surface area (Å²) in [5.41, 5.74) is 4.73. The quantitative estimate of drug-likeness (QED) is 0.785. The maximum absolute atomic E-state index is 12.6. The van der Waals surface area contributed by atoms with Crippen molar-refractivity contribution in [2.24, 2.45) is 0 Å². The van der Waals surface area contributed by atoms with Gasteiger partial charge in [-0.1, -0.05) is 24.6 Å². The summed E-state index contributed by atoms with van der Waals surface area (Å²) in [7, 11) is 0. The van der Waals surface area contributed by atoms with Crippen LogP contribution in [0.15, 0.2) is 24.5 Å². The molecule has 0 saturated heterocycles. The van der Waals surface area contributed by atoms with Crippen molar-refractivity contribution in [3.8, 4) is 0 Å². The monoisotopic (exact) mass is 256 g/mol. The number of carbonyl (C=O) groups is 1. The molecule has 0 amide bonds. The fourth-order valence-corrected chi connectivity index (χ4v) is 2.51. The van der Waals surface area contributed by atoms with Gasteiger partial charge in [-0.2, -0.15) is 5.10 Å². The molecule has 3 nitrogen and oxygen atoms in total. The Bertz CT molecular complexity index is 588. The average molecular weight is 256 g/mol. The molecule has 2 rings (SSSR count). The van der Waals surface area contributed by atoms with E-state index in [-0.39, 0.29) is 5.78 Å². The molecule has 1 heterocycles. The van der Waals surface area contributed by atoms with Crippen LogP contribution in [0, 0.1) is 20.8 Å². The van der Waals surface area contributed by atoms with E-state index in [2.05, 4.69) is 24.2 Å². The number of hydrogen-bond donors (Lipinski definition) is 0. The smallest absolute Gasteiger partial charge is 0.196 e. The summed E-state index contributed by atoms with van der Waals surface area (Å²) in [6, 6.07) is 4.10. The predicted molar refractivity (Wildman–Crippen MR) is 76.6 cm³/mol. The van der Waals surface area contributed by atoms with Crippen molar-refractivity contribution in [2.75, 3.05) is 0 Å². The first-order valence-corrected chi connectivity index (χ1v) is 6.68. The molecule has 0 spiro atoms. The van der Waals surface area contributed by atoms with Crippen LogP contribution < -0.4 is 0 Å². The van der Waals surface area contributed by atoms with Crippen LogP contribution in [-0.4, -0.2) is 15.6 Å². The van der Waals surface area contributed by atoms with Crippen molar-refractivity contribution in [2.45, 2.75) is 40.7 Å². The first-order chi connectivity index (χ1) is 9.02. The van der Waals surface area contributed by atoms with Crippen molar-refractivity contribution < 1.29 is 4.79 Å². The fourth-order valence-electron chi connectivity index (χ4n) is 2.51. The van der Waals surface area contributed by atoms with Gasteiger partial charge in [0.2, 0.25) is 0 Å². The third-order valence-corrected chi connectivity index (χ3v) is 3.25. The summed E-state index contributed by atoms with van der Waals surface area (Å²) < 4.78 is 1.83. The molecule has 0 radical (unpaired) electrons. The summed E-state index contributed by atoms with van der Waals surface area (Å²) >= 11 is 0. The predicted octanol–water partition coefficient (Wildman–Crippen LogP) is 3.45. The van der Waals surface area contributed by atoms with Crippen molar-refractivity contribution >= 4 is 5.78 Å². The first kappa shape index (κ1) is 13.5. The topological polar surface area (TPSA) is 34.9 Å². The molecule has 0 N–H and O–H groups in total. The van der Waals surface area contributed by atoms with E-state index < -0.39 is 0 Å². The summed E-state index contributed by atoms with van der Waals surface area (Å²) in [5, 5.41) is 4.23. The minimum absolute atomic E-state index is 0.0670. The van der Waals surface area contributed by atoms with E-state index in [1.165, 1.54) is 5.56 Å². The van der Waals surface area contributed by atoms with Gasteiger partial charge in [0.1, 0.15) is 0 Å². The number of carbonyl (C=O) groups excluding carboxylic acids is 1. The zero-order valence-electron chi connectivity index (χ0n) is 12.0. The van der Waals surface area contributed by atoms with Gasteiger partial charge in [0, 0.05) is 18.3 Å². The lowest BCUT2D eigenvalue weighted by molar-refractivity contribution is 0.103. The minimum Gasteiger partial charge on any atom is -0.288 e. The molecule has 0 saturated carbocycles. The van der Waals surface area contributed by atoms with E-state index in [1.807, 2.05) is 31.6 Å². The Morgan fingerprint density at radius 1 is 1.21 bits per heavy atom. The Labute approximate surface area is 114 Å². The highest BCUT2D eigenvalue weighted by Crippen LogP contribution is 2.20. The number of aromatic nitrogens is 2. The van der Waals surface area contributed by atoms with Crippen LogP contribution in [0.1, 0.15) is 46.0 Å². The van der Waals surface area contributed by atoms with Gasteiger partial charge < -0.3 is 0 Å². The van der Waals surface area contributed by atoms with E-state index in [0.717, 1.165) is 29.7 Å². The molecule has 0 bridgehead atoms. The van der Waals surface area contributed by atoms with Gasteiger partial charge in [0.25, 0.3) is 0 Å². The van der Waals surface area contributed by atoms with Crippen molar-refractivity contribution in [3.05, 3.63) is 52.3 Å². The molecule has 3 heteroatoms. The van der Waals surface area contributed by atoms with Gasteiger partial charge in [-0.3, -0.25) is 9.48 Å². The van der Waals surface area contributed by atoms with Crippen LogP contribution in [0.2, 0.25) is 0 Å². The molecular formula is C16H20N2O. The third-order valence-electron chi connectivity index (χ3n) is 3.25. The van der Waals surface area contributed by atoms with Gasteiger partial charge in [-0.05, 0) is 38.3 Å². The Morgan fingerprint density at radius 2 is 1.84 bits per heavy atom. The molecule has 0 fully saturated rings. The molecule has 2 aromatic rings. The summed E-state index contributed by atoms with van der Waals surface area (Å²) in [6.45, 7) is 8.97. The minimum atomic E-state index is 0.0670. The lowest BCUT2D eigenvalue weighted by atomic mass is 9.94. The Morgan fingerprint density at radius 3 is 2.42 bits per heavy atom. The largest absolute Gasteiger partial charge is 0.288 e. The number of aryl methyl sites for hydroxylation is 4. The lowest BCUT2D eigenvalue weighted by Gasteiger charge is -2.09. The average Bonchev–Trinajstić information content (AvgIpc) is 2.76. The fraction of sp³-hybridized carbons (Fsp3) is 0.375. The third kappa shape index (κ3) is 2.75. The molecule has 1 aromatic carbocycles. The molecule has 19 heavy (non-hydrogen) atoms. The zero-order valence-corrected chi connectivity index (χ0v) is 12.0. The van der Waals surface area contributed by atoms with E-state index >= 15 is 0 Å². The van der Waals surface area contributed by atoms with Crippen molar-refractivity contribution in [1.29, 1.82) is 0 Å². The molecule has 0 aliphatic rings. The van der Waals surface area contributed by atoms with Gasteiger partial charge in [0.15, 0.2) is 5.78 Å². The molecule has 0 unspecified atom stereocenters. The summed E-state index contributed by atoms with van der Waals surface area (Å²) in [6.07, 6.45) is 4.51. The maximum Gasteiger partial charge on any atom is 0.196 e. The van der Waals surface area contributed by atoms with E-state index in [1.54, 1.807) is 6.20 Å². The van der Waals surface area contributed by atoms with Crippen LogP contribution in [0.5, 0.6) is 0 Å². The molecule has 0 aliphatic heterocycles. The summed E-state index contributed by atoms with van der Waals surface area (Å²) in [4.78, 5) is 12.6. The van der Waals surface area contributed by atoms with E-state index in [9.17, 15) is 4.79 Å². The van der Waals surface area contributed by atoms with Gasteiger partial charge in [-0.25, -0.2) is 0 Å². The number of hydrogen-bond acceptors (Lipinski definition) is 2. The van der Waals surface area contributed by atoms with Crippen molar-refractivity contribution in [3.63, 3.8) is 0 Å². The second-order valence-corrected chi connectivity index (χ2v) is 5.09. The molecule has 1 aromatic heterocycles. The second kappa shape index (κ2) is 5.39. The number of nitrogens with zero attached hydrogens (tertiary/aromatic N) is 2. The Kier molecular flexibility index (Phi) is 3.84. The SMILES string of the molecule is CCCn1cc(C(=O)c2c(C)cc(C)cc2C)cn1.